The van der Waals surface area contributed by atoms with Crippen LogP contribution in [0.3, 0.4) is 0 Å². The lowest BCUT2D eigenvalue weighted by Gasteiger charge is -2.42. The number of halogens is 2. The lowest BCUT2D eigenvalue weighted by atomic mass is 9.90. The van der Waals surface area contributed by atoms with Crippen LogP contribution in [0.25, 0.3) is 16.8 Å². The molecule has 4 aromatic rings. The second kappa shape index (κ2) is 11.4. The molecule has 6 rings (SSSR count). The van der Waals surface area contributed by atoms with Crippen molar-refractivity contribution in [3.8, 4) is 11.3 Å². The molecule has 2 aliphatic heterocycles. The zero-order valence-corrected chi connectivity index (χ0v) is 23.9. The third-order valence-electron chi connectivity index (χ3n) is 8.14. The van der Waals surface area contributed by atoms with E-state index in [-0.39, 0.29) is 42.5 Å². The average molecular weight is 595 g/mol. The Morgan fingerprint density at radius 2 is 1.91 bits per heavy atom. The molecule has 226 valence electrons. The number of fused-ring (bicyclic) bond motifs is 1. The fourth-order valence-corrected chi connectivity index (χ4v) is 5.72. The Morgan fingerprint density at radius 1 is 1.14 bits per heavy atom. The van der Waals surface area contributed by atoms with Crippen molar-refractivity contribution in [3.05, 3.63) is 66.1 Å². The van der Waals surface area contributed by atoms with Crippen molar-refractivity contribution in [2.45, 2.75) is 24.6 Å². The number of benzene rings is 1. The van der Waals surface area contributed by atoms with E-state index in [1.54, 1.807) is 30.7 Å². The van der Waals surface area contributed by atoms with Gasteiger partial charge in [-0.1, -0.05) is 6.92 Å². The Hall–Kier alpha value is -4.40. The maximum Gasteiger partial charge on any atom is 0.407 e. The summed E-state index contributed by atoms with van der Waals surface area (Å²) in [5, 5.41) is 10.6. The van der Waals surface area contributed by atoms with Gasteiger partial charge in [0.05, 0.1) is 66.9 Å². The quantitative estimate of drug-likeness (QED) is 0.292. The summed E-state index contributed by atoms with van der Waals surface area (Å²) in [5.41, 5.74) is 7.87. The summed E-state index contributed by atoms with van der Waals surface area (Å²) < 4.78 is 47.7. The second-order valence-electron chi connectivity index (χ2n) is 10.9. The molecular weight excluding hydrogens is 562 g/mol. The number of nitrogens with two attached hydrogens (primary N) is 1. The molecule has 14 heteroatoms. The summed E-state index contributed by atoms with van der Waals surface area (Å²) in [6.45, 7) is 3.53. The summed E-state index contributed by atoms with van der Waals surface area (Å²) in [6.07, 6.45) is 4.41. The molecule has 4 N–H and O–H groups in total. The Morgan fingerprint density at radius 3 is 2.56 bits per heavy atom. The van der Waals surface area contributed by atoms with Crippen LogP contribution < -0.4 is 21.3 Å². The molecule has 1 amide bonds. The molecule has 5 heterocycles. The summed E-state index contributed by atoms with van der Waals surface area (Å²) in [6, 6.07) is 7.02. The predicted octanol–water partition coefficient (Wildman–Crippen LogP) is 3.19. The van der Waals surface area contributed by atoms with E-state index < -0.39 is 23.3 Å². The van der Waals surface area contributed by atoms with Gasteiger partial charge in [0.25, 0.3) is 0 Å². The van der Waals surface area contributed by atoms with E-state index in [1.807, 2.05) is 13.0 Å². The van der Waals surface area contributed by atoms with E-state index in [9.17, 15) is 4.79 Å². The van der Waals surface area contributed by atoms with Gasteiger partial charge in [-0.3, -0.25) is 4.98 Å². The minimum atomic E-state index is -0.866. The van der Waals surface area contributed by atoms with Crippen molar-refractivity contribution in [2.24, 2.45) is 11.7 Å². The number of imidazole rings is 1. The fourth-order valence-electron chi connectivity index (χ4n) is 5.72. The molecule has 0 radical (unpaired) electrons. The minimum Gasteiger partial charge on any atom is -0.453 e. The highest BCUT2D eigenvalue weighted by atomic mass is 19.1. The number of piperidine rings is 1. The van der Waals surface area contributed by atoms with E-state index in [1.165, 1.54) is 30.9 Å². The first-order valence-corrected chi connectivity index (χ1v) is 13.8. The van der Waals surface area contributed by atoms with E-state index in [4.69, 9.17) is 19.9 Å². The Bertz CT molecular complexity index is 1620. The number of hydrogen-bond acceptors (Lipinski definition) is 10. The van der Waals surface area contributed by atoms with Crippen LogP contribution in [0.1, 0.15) is 12.5 Å². The van der Waals surface area contributed by atoms with Gasteiger partial charge in [-0.05, 0) is 41.8 Å². The fraction of sp³-hybridized carbons (Fsp3) is 0.379. The van der Waals surface area contributed by atoms with Crippen molar-refractivity contribution in [1.82, 2.24) is 24.9 Å². The number of alkyl carbamates (subject to hydrolysis) is 1. The van der Waals surface area contributed by atoms with E-state index in [0.717, 1.165) is 5.69 Å². The number of rotatable bonds is 7. The zero-order chi connectivity index (χ0) is 30.3. The van der Waals surface area contributed by atoms with Crippen molar-refractivity contribution in [3.63, 3.8) is 0 Å². The van der Waals surface area contributed by atoms with Crippen molar-refractivity contribution in [1.29, 1.82) is 0 Å². The molecule has 2 fully saturated rings. The van der Waals surface area contributed by atoms with Crippen LogP contribution >= 0.6 is 0 Å². The van der Waals surface area contributed by atoms with Gasteiger partial charge in [-0.2, -0.15) is 9.61 Å². The summed E-state index contributed by atoms with van der Waals surface area (Å²) in [5.74, 6) is -1.17. The van der Waals surface area contributed by atoms with Crippen LogP contribution in [0.4, 0.5) is 30.9 Å². The van der Waals surface area contributed by atoms with Crippen LogP contribution in [-0.4, -0.2) is 78.3 Å². The summed E-state index contributed by atoms with van der Waals surface area (Å²) >= 11 is 0. The van der Waals surface area contributed by atoms with Gasteiger partial charge in [-0.25, -0.2) is 18.6 Å². The van der Waals surface area contributed by atoms with E-state index in [2.05, 4.69) is 30.6 Å². The van der Waals surface area contributed by atoms with Crippen LogP contribution in [0.2, 0.25) is 0 Å². The molecule has 3 aromatic heterocycles. The normalized spacial score (nSPS) is 21.3. The Balaban J connectivity index is 1.28. The molecule has 43 heavy (non-hydrogen) atoms. The van der Waals surface area contributed by atoms with Gasteiger partial charge >= 0.3 is 6.09 Å². The smallest absolute Gasteiger partial charge is 0.407 e. The first-order chi connectivity index (χ1) is 20.7. The lowest BCUT2D eigenvalue weighted by Crippen LogP contribution is -2.62. The van der Waals surface area contributed by atoms with Gasteiger partial charge < -0.3 is 35.5 Å². The van der Waals surface area contributed by atoms with Gasteiger partial charge in [0.1, 0.15) is 17.2 Å². The molecule has 1 aromatic carbocycles. The number of anilines is 3. The largest absolute Gasteiger partial charge is 0.453 e. The number of hydrogen-bond donors (Lipinski definition) is 3. The minimum absolute atomic E-state index is 0.0205. The highest BCUT2D eigenvalue weighted by molar-refractivity contribution is 5.74. The number of nitrogens with zero attached hydrogens (tertiary/aromatic N) is 5. The molecule has 2 aliphatic rings. The van der Waals surface area contributed by atoms with Crippen LogP contribution in [0, 0.1) is 17.6 Å². The molecule has 3 atom stereocenters. The molecule has 0 aliphatic carbocycles. The van der Waals surface area contributed by atoms with Crippen molar-refractivity contribution in [2.75, 3.05) is 50.7 Å². The molecule has 12 nitrogen and oxygen atoms in total. The van der Waals surface area contributed by atoms with Crippen LogP contribution in [-0.2, 0) is 19.8 Å². The molecule has 0 spiro atoms. The summed E-state index contributed by atoms with van der Waals surface area (Å²) in [4.78, 5) is 22.6. The first-order valence-electron chi connectivity index (χ1n) is 13.8. The second-order valence-corrected chi connectivity index (χ2v) is 10.9. The standard InChI is InChI=1S/C29H32F2N8O4/c1-16-12-38(13-21(32)26(16)36-28(40)41-2)24-6-7-33-11-23(24)35-27-34-10-18-4-5-22(37-39(18)27)25-19(30)8-17(9-20(25)31)29(42-3)14-43-15-29/h4-11,16,21,26H,12-15,32H2,1-3H3,(H,34,35)(H,36,40)/t16-,21+,26-/m0/s1. The number of aromatic nitrogens is 4. The Kier molecular flexibility index (Phi) is 7.58. The monoisotopic (exact) mass is 594 g/mol. The molecule has 0 unspecified atom stereocenters. The number of pyridine rings is 1. The number of ether oxygens (including phenoxy) is 3. The first kappa shape index (κ1) is 28.7. The van der Waals surface area contributed by atoms with Crippen molar-refractivity contribution < 1.29 is 27.8 Å². The van der Waals surface area contributed by atoms with Crippen molar-refractivity contribution >= 4 is 28.9 Å². The number of carbonyl (C=O) groups excluding carboxylic acids is 1. The predicted molar refractivity (Wildman–Crippen MR) is 154 cm³/mol. The number of carbonyl (C=O) groups is 1. The maximum absolute atomic E-state index is 15.4. The lowest BCUT2D eigenvalue weighted by molar-refractivity contribution is -0.202. The van der Waals surface area contributed by atoms with Crippen LogP contribution in [0.15, 0.2) is 48.9 Å². The van der Waals surface area contributed by atoms with E-state index >= 15 is 8.78 Å². The Labute approximate surface area is 246 Å². The maximum atomic E-state index is 15.4. The molecular formula is C29H32F2N8O4. The molecule has 0 saturated carbocycles. The number of amides is 1. The molecule has 0 bridgehead atoms. The summed E-state index contributed by atoms with van der Waals surface area (Å²) in [7, 11) is 2.81. The van der Waals surface area contributed by atoms with Gasteiger partial charge in [0.2, 0.25) is 5.95 Å². The third-order valence-corrected chi connectivity index (χ3v) is 8.14. The van der Waals surface area contributed by atoms with Crippen LogP contribution in [0.5, 0.6) is 0 Å². The topological polar surface area (TPSA) is 141 Å². The average Bonchev–Trinajstić information content (AvgIpc) is 3.36. The SMILES string of the molecule is COC(=O)N[C@@H]1[C@H](N)CN(c2ccncc2Nc2ncc3ccc(-c4c(F)cc(C5(OC)COC5)cc4F)nn23)C[C@@H]1C. The third kappa shape index (κ3) is 5.21. The van der Waals surface area contributed by atoms with Gasteiger partial charge in [0.15, 0.2) is 0 Å². The highest BCUT2D eigenvalue weighted by Crippen LogP contribution is 2.37. The number of nitrogens with one attached hydrogen (secondary N) is 2. The van der Waals surface area contributed by atoms with Gasteiger partial charge in [-0.15, -0.1) is 0 Å². The highest BCUT2D eigenvalue weighted by Gasteiger charge is 2.42. The number of methoxy groups -OCH3 is 2. The zero-order valence-electron chi connectivity index (χ0n) is 23.9. The van der Waals surface area contributed by atoms with E-state index in [0.29, 0.717) is 35.8 Å². The molecule has 2 saturated heterocycles. The van der Waals surface area contributed by atoms with Gasteiger partial charge in [0, 0.05) is 32.4 Å².